The van der Waals surface area contributed by atoms with E-state index >= 15 is 0 Å². The number of rotatable bonds is 3. The molecule has 4 heteroatoms. The van der Waals surface area contributed by atoms with E-state index in [-0.39, 0.29) is 0 Å². The molecular weight excluding hydrogens is 230 g/mol. The number of nitrogens with one attached hydrogen (secondary N) is 1. The summed E-state index contributed by atoms with van der Waals surface area (Å²) in [6, 6.07) is 7.74. The molecule has 0 saturated heterocycles. The molecule has 0 radical (unpaired) electrons. The van der Waals surface area contributed by atoms with Gasteiger partial charge in [0, 0.05) is 18.0 Å². The summed E-state index contributed by atoms with van der Waals surface area (Å²) < 4.78 is 5.55. The van der Waals surface area contributed by atoms with Gasteiger partial charge in [-0.05, 0) is 18.4 Å². The van der Waals surface area contributed by atoms with E-state index in [0.29, 0.717) is 30.7 Å². The Labute approximate surface area is 106 Å². The number of hydrogen-bond acceptors (Lipinski definition) is 3. The van der Waals surface area contributed by atoms with E-state index in [4.69, 9.17) is 4.74 Å². The highest BCUT2D eigenvalue weighted by Crippen LogP contribution is 2.41. The van der Waals surface area contributed by atoms with Crippen molar-refractivity contribution in [2.75, 3.05) is 6.61 Å². The van der Waals surface area contributed by atoms with Crippen LogP contribution in [0.2, 0.25) is 0 Å². The number of ether oxygens (including phenoxy) is 1. The molecule has 1 fully saturated rings. The molecule has 1 aromatic carbocycles. The molecule has 0 amide bonds. The lowest BCUT2D eigenvalue weighted by Crippen LogP contribution is -2.53. The van der Waals surface area contributed by atoms with Crippen LogP contribution in [0.5, 0.6) is 5.75 Å². The molecule has 3 atom stereocenters. The van der Waals surface area contributed by atoms with Crippen molar-refractivity contribution >= 4 is 5.97 Å². The van der Waals surface area contributed by atoms with Crippen LogP contribution in [0.1, 0.15) is 25.3 Å². The number of aliphatic carboxylic acids is 1. The average Bonchev–Trinajstić information content (AvgIpc) is 3.05. The van der Waals surface area contributed by atoms with Crippen molar-refractivity contribution in [3.8, 4) is 5.75 Å². The molecule has 3 rings (SSSR count). The summed E-state index contributed by atoms with van der Waals surface area (Å²) in [7, 11) is 0. The third-order valence-corrected chi connectivity index (χ3v) is 3.99. The number of carboxylic acid groups (broad SMARTS) is 1. The fraction of sp³-hybridized carbons (Fsp3) is 0.500. The fourth-order valence-corrected chi connectivity index (χ4v) is 2.67. The first-order valence-electron chi connectivity index (χ1n) is 6.37. The van der Waals surface area contributed by atoms with Crippen molar-refractivity contribution in [3.05, 3.63) is 29.8 Å². The Balaban J connectivity index is 2.02. The van der Waals surface area contributed by atoms with Gasteiger partial charge >= 0.3 is 5.97 Å². The number of hydrogen-bond donors (Lipinski definition) is 2. The molecule has 2 aliphatic rings. The van der Waals surface area contributed by atoms with E-state index in [1.54, 1.807) is 0 Å². The minimum atomic E-state index is -0.982. The van der Waals surface area contributed by atoms with Crippen LogP contribution in [0.25, 0.3) is 0 Å². The number of fused-ring (bicyclic) bond motifs is 1. The second-order valence-corrected chi connectivity index (χ2v) is 5.27. The Morgan fingerprint density at radius 2 is 2.22 bits per heavy atom. The predicted molar refractivity (Wildman–Crippen MR) is 66.6 cm³/mol. The second-order valence-electron chi connectivity index (χ2n) is 5.27. The summed E-state index contributed by atoms with van der Waals surface area (Å²) >= 11 is 0. The third kappa shape index (κ3) is 1.68. The van der Waals surface area contributed by atoms with Crippen molar-refractivity contribution in [1.82, 2.24) is 5.32 Å². The molecule has 96 valence electrons. The van der Waals surface area contributed by atoms with Crippen LogP contribution in [0, 0.1) is 5.92 Å². The fourth-order valence-electron chi connectivity index (χ4n) is 2.67. The number of benzene rings is 1. The molecule has 0 spiro atoms. The van der Waals surface area contributed by atoms with E-state index < -0.39 is 11.5 Å². The van der Waals surface area contributed by atoms with Gasteiger partial charge in [-0.25, -0.2) is 4.79 Å². The Kier molecular flexibility index (Phi) is 2.55. The lowest BCUT2D eigenvalue weighted by molar-refractivity contribution is -0.147. The molecule has 2 N–H and O–H groups in total. The van der Waals surface area contributed by atoms with Crippen LogP contribution in [-0.4, -0.2) is 23.7 Å². The zero-order valence-electron chi connectivity index (χ0n) is 10.3. The smallest absolute Gasteiger partial charge is 0.328 e. The highest BCUT2D eigenvalue weighted by Gasteiger charge is 2.49. The lowest BCUT2D eigenvalue weighted by atomic mass is 9.84. The van der Waals surface area contributed by atoms with E-state index in [2.05, 4.69) is 12.2 Å². The Morgan fingerprint density at radius 3 is 2.89 bits per heavy atom. The summed E-state index contributed by atoms with van der Waals surface area (Å²) in [5.74, 6) is 0.445. The second kappa shape index (κ2) is 3.99. The third-order valence-electron chi connectivity index (χ3n) is 3.99. The van der Waals surface area contributed by atoms with Crippen LogP contribution in [0.4, 0.5) is 0 Å². The summed E-state index contributed by atoms with van der Waals surface area (Å²) in [5, 5.41) is 13.0. The van der Waals surface area contributed by atoms with Crippen LogP contribution in [0.3, 0.4) is 0 Å². The normalized spacial score (nSPS) is 33.4. The number of carbonyl (C=O) groups is 1. The summed E-state index contributed by atoms with van der Waals surface area (Å²) in [6.45, 7) is 2.58. The Hall–Kier alpha value is -1.55. The maximum absolute atomic E-state index is 11.8. The van der Waals surface area contributed by atoms with Gasteiger partial charge in [0.15, 0.2) is 0 Å². The quantitative estimate of drug-likeness (QED) is 0.854. The highest BCUT2D eigenvalue weighted by molar-refractivity contribution is 5.82. The van der Waals surface area contributed by atoms with Gasteiger partial charge < -0.3 is 9.84 Å². The molecule has 3 unspecified atom stereocenters. The predicted octanol–water partition coefficient (Wildman–Crippen LogP) is 1.75. The molecule has 4 nitrogen and oxygen atoms in total. The van der Waals surface area contributed by atoms with Crippen molar-refractivity contribution in [2.24, 2.45) is 5.92 Å². The van der Waals surface area contributed by atoms with Gasteiger partial charge in [0.2, 0.25) is 0 Å². The summed E-state index contributed by atoms with van der Waals surface area (Å²) in [5.41, 5.74) is -0.229. The minimum absolute atomic E-state index is 0.312. The molecule has 1 aliphatic heterocycles. The standard InChI is InChI=1S/C14H17NO3/c1-9-8-11(9)15-14(13(16)17)6-7-18-12-5-3-2-4-10(12)14/h2-5,9,11,15H,6-8H2,1H3,(H,16,17). The zero-order chi connectivity index (χ0) is 12.8. The first-order valence-corrected chi connectivity index (χ1v) is 6.37. The van der Waals surface area contributed by atoms with Gasteiger partial charge in [0.25, 0.3) is 0 Å². The Bertz CT molecular complexity index is 488. The van der Waals surface area contributed by atoms with Crippen molar-refractivity contribution in [1.29, 1.82) is 0 Å². The maximum atomic E-state index is 11.8. The van der Waals surface area contributed by atoms with Gasteiger partial charge in [-0.15, -0.1) is 0 Å². The maximum Gasteiger partial charge on any atom is 0.328 e. The number of carboxylic acids is 1. The SMILES string of the molecule is CC1CC1NC1(C(=O)O)CCOc2ccccc21. The van der Waals surface area contributed by atoms with Crippen LogP contribution < -0.4 is 10.1 Å². The van der Waals surface area contributed by atoms with Gasteiger partial charge in [0.05, 0.1) is 6.61 Å². The first kappa shape index (κ1) is 11.5. The van der Waals surface area contributed by atoms with Crippen molar-refractivity contribution in [2.45, 2.75) is 31.3 Å². The van der Waals surface area contributed by atoms with Crippen LogP contribution >= 0.6 is 0 Å². The molecule has 1 aromatic rings. The molecular formula is C14H17NO3. The molecule has 1 saturated carbocycles. The van der Waals surface area contributed by atoms with Gasteiger partial charge in [0.1, 0.15) is 11.3 Å². The lowest BCUT2D eigenvalue weighted by Gasteiger charge is -2.36. The zero-order valence-corrected chi connectivity index (χ0v) is 10.3. The van der Waals surface area contributed by atoms with Crippen molar-refractivity contribution < 1.29 is 14.6 Å². The van der Waals surface area contributed by atoms with Gasteiger partial charge in [-0.3, -0.25) is 5.32 Å². The van der Waals surface area contributed by atoms with Gasteiger partial charge in [-0.1, -0.05) is 25.1 Å². The number of para-hydroxylation sites is 1. The largest absolute Gasteiger partial charge is 0.493 e. The molecule has 0 aromatic heterocycles. The topological polar surface area (TPSA) is 58.6 Å². The van der Waals surface area contributed by atoms with Gasteiger partial charge in [-0.2, -0.15) is 0 Å². The molecule has 1 aliphatic carbocycles. The molecule has 18 heavy (non-hydrogen) atoms. The van der Waals surface area contributed by atoms with Crippen LogP contribution in [-0.2, 0) is 10.3 Å². The molecule has 0 bridgehead atoms. The summed E-state index contributed by atoms with van der Waals surface area (Å²) in [4.78, 5) is 11.8. The van der Waals surface area contributed by atoms with E-state index in [9.17, 15) is 9.90 Å². The highest BCUT2D eigenvalue weighted by atomic mass is 16.5. The van der Waals surface area contributed by atoms with E-state index in [1.165, 1.54) is 0 Å². The van der Waals surface area contributed by atoms with E-state index in [1.807, 2.05) is 24.3 Å². The van der Waals surface area contributed by atoms with Crippen LogP contribution in [0.15, 0.2) is 24.3 Å². The van der Waals surface area contributed by atoms with E-state index in [0.717, 1.165) is 12.0 Å². The molecule has 1 heterocycles. The average molecular weight is 247 g/mol. The van der Waals surface area contributed by atoms with Crippen molar-refractivity contribution in [3.63, 3.8) is 0 Å². The Morgan fingerprint density at radius 1 is 1.50 bits per heavy atom. The minimum Gasteiger partial charge on any atom is -0.493 e. The monoisotopic (exact) mass is 247 g/mol. The first-order chi connectivity index (χ1) is 8.63. The summed E-state index contributed by atoms with van der Waals surface area (Å²) in [6.07, 6.45) is 1.53.